The highest BCUT2D eigenvalue weighted by Crippen LogP contribution is 2.18. The second-order valence-corrected chi connectivity index (χ2v) is 6.48. The number of nitrogens with zero attached hydrogens (tertiary/aromatic N) is 1. The first-order valence-corrected chi connectivity index (χ1v) is 8.93. The van der Waals surface area contributed by atoms with Gasteiger partial charge in [0, 0.05) is 5.69 Å². The molecule has 0 saturated heterocycles. The minimum Gasteiger partial charge on any atom is -0.494 e. The van der Waals surface area contributed by atoms with Crippen molar-refractivity contribution in [1.29, 1.82) is 0 Å². The molecular formula is C19H26N4O4. The standard InChI is InChI=1S/C19H26N4O4/c1-5-26-15-6-8-16(9-7-15)27-13(4)18(24)22-23-19(25)17-11-14(20-21-17)10-12(2)3/h6-9,11-13H,5,10H2,1-4H3,(H,20,21)(H,22,24)(H,23,25). The Morgan fingerprint density at radius 3 is 2.41 bits per heavy atom. The molecule has 8 heteroatoms. The first-order valence-electron chi connectivity index (χ1n) is 8.93. The maximum atomic E-state index is 12.1. The van der Waals surface area contributed by atoms with Crippen molar-refractivity contribution in [3.63, 3.8) is 0 Å². The van der Waals surface area contributed by atoms with Gasteiger partial charge < -0.3 is 9.47 Å². The monoisotopic (exact) mass is 374 g/mol. The Morgan fingerprint density at radius 2 is 1.78 bits per heavy atom. The lowest BCUT2D eigenvalue weighted by Gasteiger charge is -2.15. The van der Waals surface area contributed by atoms with Gasteiger partial charge >= 0.3 is 0 Å². The van der Waals surface area contributed by atoms with Gasteiger partial charge in [0.05, 0.1) is 6.61 Å². The van der Waals surface area contributed by atoms with E-state index < -0.39 is 17.9 Å². The van der Waals surface area contributed by atoms with E-state index in [1.165, 1.54) is 0 Å². The van der Waals surface area contributed by atoms with Crippen LogP contribution < -0.4 is 20.3 Å². The van der Waals surface area contributed by atoms with Gasteiger partial charge in [-0.05, 0) is 56.5 Å². The van der Waals surface area contributed by atoms with E-state index in [0.29, 0.717) is 18.3 Å². The molecule has 1 aromatic heterocycles. The highest BCUT2D eigenvalue weighted by atomic mass is 16.5. The predicted molar refractivity (Wildman–Crippen MR) is 100 cm³/mol. The molecule has 1 unspecified atom stereocenters. The Labute approximate surface area is 158 Å². The molecule has 8 nitrogen and oxygen atoms in total. The van der Waals surface area contributed by atoms with Crippen molar-refractivity contribution in [2.24, 2.45) is 5.92 Å². The molecule has 2 rings (SSSR count). The summed E-state index contributed by atoms with van der Waals surface area (Å²) < 4.78 is 10.9. The van der Waals surface area contributed by atoms with Crippen molar-refractivity contribution >= 4 is 11.8 Å². The number of hydrazine groups is 1. The first kappa shape index (κ1) is 20.3. The van der Waals surface area contributed by atoms with E-state index in [1.807, 2.05) is 6.92 Å². The van der Waals surface area contributed by atoms with Gasteiger partial charge in [0.25, 0.3) is 11.8 Å². The number of rotatable bonds is 8. The van der Waals surface area contributed by atoms with Gasteiger partial charge in [0.15, 0.2) is 11.8 Å². The third kappa shape index (κ3) is 6.32. The minimum absolute atomic E-state index is 0.214. The van der Waals surface area contributed by atoms with Crippen LogP contribution >= 0.6 is 0 Å². The Morgan fingerprint density at radius 1 is 1.11 bits per heavy atom. The van der Waals surface area contributed by atoms with E-state index in [1.54, 1.807) is 37.3 Å². The number of hydrogen-bond acceptors (Lipinski definition) is 5. The van der Waals surface area contributed by atoms with Crippen molar-refractivity contribution in [1.82, 2.24) is 21.0 Å². The Balaban J connectivity index is 1.81. The second kappa shape index (κ2) is 9.61. The molecule has 27 heavy (non-hydrogen) atoms. The van der Waals surface area contributed by atoms with E-state index in [9.17, 15) is 9.59 Å². The van der Waals surface area contributed by atoms with Crippen LogP contribution in [-0.4, -0.2) is 34.7 Å². The van der Waals surface area contributed by atoms with Gasteiger partial charge in [-0.2, -0.15) is 5.10 Å². The zero-order valence-corrected chi connectivity index (χ0v) is 16.0. The summed E-state index contributed by atoms with van der Waals surface area (Å²) in [6.45, 7) is 8.22. The third-order valence-corrected chi connectivity index (χ3v) is 3.61. The summed E-state index contributed by atoms with van der Waals surface area (Å²) in [5.41, 5.74) is 5.76. The molecule has 0 aliphatic carbocycles. The highest BCUT2D eigenvalue weighted by molar-refractivity contribution is 5.94. The number of ether oxygens (including phenoxy) is 2. The summed E-state index contributed by atoms with van der Waals surface area (Å²) in [5.74, 6) is 0.725. The molecule has 0 radical (unpaired) electrons. The molecule has 0 fully saturated rings. The lowest BCUT2D eigenvalue weighted by molar-refractivity contribution is -0.128. The lowest BCUT2D eigenvalue weighted by atomic mass is 10.1. The van der Waals surface area contributed by atoms with E-state index in [2.05, 4.69) is 34.9 Å². The molecule has 0 spiro atoms. The molecule has 0 saturated carbocycles. The highest BCUT2D eigenvalue weighted by Gasteiger charge is 2.17. The maximum absolute atomic E-state index is 12.1. The van der Waals surface area contributed by atoms with Gasteiger partial charge in [-0.3, -0.25) is 25.5 Å². The van der Waals surface area contributed by atoms with Crippen LogP contribution in [0.15, 0.2) is 30.3 Å². The molecule has 0 bridgehead atoms. The number of carbonyl (C=O) groups is 2. The number of aromatic nitrogens is 2. The van der Waals surface area contributed by atoms with Crippen LogP contribution in [-0.2, 0) is 11.2 Å². The normalized spacial score (nSPS) is 11.7. The fraction of sp³-hybridized carbons (Fsp3) is 0.421. The minimum atomic E-state index is -0.793. The fourth-order valence-corrected chi connectivity index (χ4v) is 2.35. The number of H-pyrrole nitrogens is 1. The molecule has 2 aromatic rings. The second-order valence-electron chi connectivity index (χ2n) is 6.48. The van der Waals surface area contributed by atoms with Crippen LogP contribution in [0.4, 0.5) is 0 Å². The Kier molecular flexibility index (Phi) is 7.22. The zero-order valence-electron chi connectivity index (χ0n) is 16.0. The van der Waals surface area contributed by atoms with Crippen LogP contribution in [0.1, 0.15) is 43.9 Å². The zero-order chi connectivity index (χ0) is 19.8. The number of amides is 2. The van der Waals surface area contributed by atoms with Crippen LogP contribution in [0, 0.1) is 5.92 Å². The molecule has 3 N–H and O–H groups in total. The van der Waals surface area contributed by atoms with Gasteiger partial charge in [-0.15, -0.1) is 0 Å². The Bertz CT molecular complexity index is 755. The van der Waals surface area contributed by atoms with Crippen LogP contribution in [0.5, 0.6) is 11.5 Å². The molecular weight excluding hydrogens is 348 g/mol. The van der Waals surface area contributed by atoms with Gasteiger partial charge in [0.1, 0.15) is 11.5 Å². The summed E-state index contributed by atoms with van der Waals surface area (Å²) in [4.78, 5) is 24.2. The average molecular weight is 374 g/mol. The third-order valence-electron chi connectivity index (χ3n) is 3.61. The van der Waals surface area contributed by atoms with Gasteiger partial charge in [0.2, 0.25) is 0 Å². The smallest absolute Gasteiger partial charge is 0.290 e. The molecule has 146 valence electrons. The molecule has 2 amide bonds. The van der Waals surface area contributed by atoms with Crippen LogP contribution in [0.2, 0.25) is 0 Å². The summed E-state index contributed by atoms with van der Waals surface area (Å²) >= 11 is 0. The van der Waals surface area contributed by atoms with Crippen molar-refractivity contribution in [3.05, 3.63) is 41.7 Å². The average Bonchev–Trinajstić information content (AvgIpc) is 3.09. The van der Waals surface area contributed by atoms with Gasteiger partial charge in [-0.25, -0.2) is 0 Å². The predicted octanol–water partition coefficient (Wildman–Crippen LogP) is 2.24. The van der Waals surface area contributed by atoms with Crippen LogP contribution in [0.25, 0.3) is 0 Å². The molecule has 1 atom stereocenters. The summed E-state index contributed by atoms with van der Waals surface area (Å²) in [5, 5.41) is 6.77. The van der Waals surface area contributed by atoms with Gasteiger partial charge in [-0.1, -0.05) is 13.8 Å². The molecule has 1 heterocycles. The van der Waals surface area contributed by atoms with E-state index in [0.717, 1.165) is 17.9 Å². The number of hydrogen-bond donors (Lipinski definition) is 3. The maximum Gasteiger partial charge on any atom is 0.290 e. The molecule has 0 aliphatic heterocycles. The largest absolute Gasteiger partial charge is 0.494 e. The van der Waals surface area contributed by atoms with Crippen molar-refractivity contribution in [3.8, 4) is 11.5 Å². The quantitative estimate of drug-likeness (QED) is 0.615. The van der Waals surface area contributed by atoms with E-state index in [4.69, 9.17) is 9.47 Å². The van der Waals surface area contributed by atoms with E-state index >= 15 is 0 Å². The topological polar surface area (TPSA) is 105 Å². The lowest BCUT2D eigenvalue weighted by Crippen LogP contribution is -2.47. The molecule has 1 aromatic carbocycles. The van der Waals surface area contributed by atoms with Crippen molar-refractivity contribution in [2.45, 2.75) is 40.2 Å². The fourth-order valence-electron chi connectivity index (χ4n) is 2.35. The molecule has 0 aliphatic rings. The Hall–Kier alpha value is -3.03. The number of nitrogens with one attached hydrogen (secondary N) is 3. The SMILES string of the molecule is CCOc1ccc(OC(C)C(=O)NNC(=O)c2cc(CC(C)C)[nH]n2)cc1. The van der Waals surface area contributed by atoms with Crippen LogP contribution in [0.3, 0.4) is 0 Å². The summed E-state index contributed by atoms with van der Waals surface area (Å²) in [7, 11) is 0. The first-order chi connectivity index (χ1) is 12.9. The number of aromatic amines is 1. The summed E-state index contributed by atoms with van der Waals surface area (Å²) in [6, 6.07) is 8.62. The summed E-state index contributed by atoms with van der Waals surface area (Å²) in [6.07, 6.45) is -0.00139. The van der Waals surface area contributed by atoms with Crippen molar-refractivity contribution < 1.29 is 19.1 Å². The number of carbonyl (C=O) groups excluding carboxylic acids is 2. The van der Waals surface area contributed by atoms with E-state index in [-0.39, 0.29) is 5.69 Å². The van der Waals surface area contributed by atoms with Crippen molar-refractivity contribution in [2.75, 3.05) is 6.61 Å². The number of benzene rings is 1.